The summed E-state index contributed by atoms with van der Waals surface area (Å²) < 4.78 is 10.4. The third-order valence-electron chi connectivity index (χ3n) is 3.24. The molecule has 0 aromatic rings. The minimum atomic E-state index is -0.591. The average Bonchev–Trinajstić information content (AvgIpc) is 2.80. The highest BCUT2D eigenvalue weighted by Gasteiger charge is 2.50. The summed E-state index contributed by atoms with van der Waals surface area (Å²) in [7, 11) is 0. The molecule has 0 aromatic carbocycles. The second-order valence-electron chi connectivity index (χ2n) is 5.90. The zero-order chi connectivity index (χ0) is 13.4. The molecule has 18 heavy (non-hydrogen) atoms. The van der Waals surface area contributed by atoms with Crippen LogP contribution in [-0.2, 0) is 14.3 Å². The quantitative estimate of drug-likeness (QED) is 0.762. The second kappa shape index (κ2) is 4.42. The zero-order valence-corrected chi connectivity index (χ0v) is 11.1. The first-order chi connectivity index (χ1) is 8.32. The molecule has 0 radical (unpaired) electrons. The van der Waals surface area contributed by atoms with Crippen LogP contribution >= 0.6 is 0 Å². The molecule has 2 aliphatic heterocycles. The number of nitrogens with one attached hydrogen (secondary N) is 1. The maximum Gasteiger partial charge on any atom is 0.426 e. The van der Waals surface area contributed by atoms with Gasteiger partial charge in [0.2, 0.25) is 5.91 Å². The molecule has 0 aliphatic carbocycles. The summed E-state index contributed by atoms with van der Waals surface area (Å²) in [5, 5.41) is 1.35. The van der Waals surface area contributed by atoms with E-state index in [1.54, 1.807) is 20.8 Å². The van der Waals surface area contributed by atoms with Gasteiger partial charge in [0.05, 0.1) is 12.0 Å². The first kappa shape index (κ1) is 13.1. The summed E-state index contributed by atoms with van der Waals surface area (Å²) in [5.41, 5.74) is 1.51. The van der Waals surface area contributed by atoms with Gasteiger partial charge in [-0.15, -0.1) is 0 Å². The van der Waals surface area contributed by atoms with Gasteiger partial charge in [0.25, 0.3) is 0 Å². The van der Waals surface area contributed by atoms with Crippen molar-refractivity contribution in [1.29, 1.82) is 0 Å². The Bertz CT molecular complexity index is 356. The minimum Gasteiger partial charge on any atom is -0.443 e. The van der Waals surface area contributed by atoms with E-state index in [4.69, 9.17) is 9.47 Å². The summed E-state index contributed by atoms with van der Waals surface area (Å²) in [5.74, 6) is -0.0640. The van der Waals surface area contributed by atoms with Gasteiger partial charge in [-0.1, -0.05) is 0 Å². The molecule has 2 amide bonds. The van der Waals surface area contributed by atoms with Crippen LogP contribution in [0.2, 0.25) is 0 Å². The van der Waals surface area contributed by atoms with Gasteiger partial charge in [0.15, 0.2) is 0 Å². The normalized spacial score (nSPS) is 27.9. The SMILES string of the molecule is CC(C)(C)OC(=O)NN1CCC2(CCOC2)C1=O. The fourth-order valence-electron chi connectivity index (χ4n) is 2.31. The highest BCUT2D eigenvalue weighted by molar-refractivity contribution is 5.86. The Morgan fingerprint density at radius 3 is 2.72 bits per heavy atom. The lowest BCUT2D eigenvalue weighted by Crippen LogP contribution is -2.47. The molecule has 2 saturated heterocycles. The number of carbonyl (C=O) groups excluding carboxylic acids is 2. The lowest BCUT2D eigenvalue weighted by atomic mass is 9.86. The summed E-state index contributed by atoms with van der Waals surface area (Å²) in [4.78, 5) is 23.8. The largest absolute Gasteiger partial charge is 0.443 e. The van der Waals surface area contributed by atoms with Gasteiger partial charge in [-0.25, -0.2) is 10.2 Å². The van der Waals surface area contributed by atoms with Crippen LogP contribution < -0.4 is 5.43 Å². The van der Waals surface area contributed by atoms with Crippen LogP contribution in [0.1, 0.15) is 33.6 Å². The molecule has 2 aliphatic rings. The molecular weight excluding hydrogens is 236 g/mol. The van der Waals surface area contributed by atoms with Gasteiger partial charge < -0.3 is 9.47 Å². The van der Waals surface area contributed by atoms with Crippen LogP contribution in [-0.4, -0.2) is 42.4 Å². The predicted octanol–water partition coefficient (Wildman–Crippen LogP) is 1.07. The highest BCUT2D eigenvalue weighted by atomic mass is 16.6. The van der Waals surface area contributed by atoms with Crippen LogP contribution in [0.3, 0.4) is 0 Å². The topological polar surface area (TPSA) is 67.9 Å². The Morgan fingerprint density at radius 2 is 2.17 bits per heavy atom. The lowest BCUT2D eigenvalue weighted by molar-refractivity contribution is -0.138. The summed E-state index contributed by atoms with van der Waals surface area (Å²) in [6.07, 6.45) is 0.867. The fourth-order valence-corrected chi connectivity index (χ4v) is 2.31. The molecule has 0 saturated carbocycles. The van der Waals surface area contributed by atoms with Crippen molar-refractivity contribution >= 4 is 12.0 Å². The Kier molecular flexibility index (Phi) is 3.23. The minimum absolute atomic E-state index is 0.0640. The second-order valence-corrected chi connectivity index (χ2v) is 5.90. The standard InChI is InChI=1S/C12H20N2O4/c1-11(2,3)18-10(16)13-14-6-4-12(9(14)15)5-7-17-8-12/h4-8H2,1-3H3,(H,13,16). The van der Waals surface area contributed by atoms with Gasteiger partial charge in [-0.3, -0.25) is 9.80 Å². The number of nitrogens with zero attached hydrogens (tertiary/aromatic N) is 1. The number of carbonyl (C=O) groups is 2. The van der Waals surface area contributed by atoms with E-state index in [1.165, 1.54) is 5.01 Å². The molecule has 2 rings (SSSR count). The summed E-state index contributed by atoms with van der Waals surface area (Å²) >= 11 is 0. The number of hydrogen-bond acceptors (Lipinski definition) is 4. The van der Waals surface area contributed by atoms with E-state index in [1.807, 2.05) is 0 Å². The van der Waals surface area contributed by atoms with Gasteiger partial charge in [0.1, 0.15) is 5.60 Å². The first-order valence-corrected chi connectivity index (χ1v) is 6.22. The van der Waals surface area contributed by atoms with E-state index in [0.29, 0.717) is 19.8 Å². The van der Waals surface area contributed by atoms with E-state index in [0.717, 1.165) is 12.8 Å². The van der Waals surface area contributed by atoms with Crippen LogP contribution in [0.4, 0.5) is 4.79 Å². The van der Waals surface area contributed by atoms with Gasteiger partial charge in [-0.05, 0) is 33.6 Å². The number of rotatable bonds is 1. The van der Waals surface area contributed by atoms with Crippen LogP contribution in [0.15, 0.2) is 0 Å². The van der Waals surface area contributed by atoms with Crippen molar-refractivity contribution in [2.75, 3.05) is 19.8 Å². The zero-order valence-electron chi connectivity index (χ0n) is 11.1. The van der Waals surface area contributed by atoms with Crippen molar-refractivity contribution in [3.05, 3.63) is 0 Å². The van der Waals surface area contributed by atoms with Crippen molar-refractivity contribution in [3.63, 3.8) is 0 Å². The Labute approximate surface area is 107 Å². The Morgan fingerprint density at radius 1 is 1.44 bits per heavy atom. The highest BCUT2D eigenvalue weighted by Crippen LogP contribution is 2.38. The molecule has 6 heteroatoms. The van der Waals surface area contributed by atoms with Crippen LogP contribution in [0.25, 0.3) is 0 Å². The van der Waals surface area contributed by atoms with Crippen LogP contribution in [0.5, 0.6) is 0 Å². The third kappa shape index (κ3) is 2.58. The Balaban J connectivity index is 1.92. The van der Waals surface area contributed by atoms with E-state index in [9.17, 15) is 9.59 Å². The van der Waals surface area contributed by atoms with Gasteiger partial charge in [0, 0.05) is 13.2 Å². The van der Waals surface area contributed by atoms with Crippen molar-refractivity contribution in [3.8, 4) is 0 Å². The average molecular weight is 256 g/mol. The molecular formula is C12H20N2O4. The molecule has 102 valence electrons. The molecule has 0 bridgehead atoms. The maximum atomic E-state index is 12.2. The van der Waals surface area contributed by atoms with E-state index < -0.39 is 17.1 Å². The maximum absolute atomic E-state index is 12.2. The molecule has 6 nitrogen and oxygen atoms in total. The fraction of sp³-hybridized carbons (Fsp3) is 0.833. The van der Waals surface area contributed by atoms with Gasteiger partial charge >= 0.3 is 6.09 Å². The molecule has 2 fully saturated rings. The predicted molar refractivity (Wildman–Crippen MR) is 63.6 cm³/mol. The Hall–Kier alpha value is -1.30. The number of hydrazine groups is 1. The number of amides is 2. The van der Waals surface area contributed by atoms with E-state index in [-0.39, 0.29) is 5.91 Å². The molecule has 1 atom stereocenters. The number of hydrogen-bond donors (Lipinski definition) is 1. The van der Waals surface area contributed by atoms with Crippen molar-refractivity contribution in [2.45, 2.75) is 39.2 Å². The monoisotopic (exact) mass is 256 g/mol. The molecule has 1 N–H and O–H groups in total. The molecule has 0 aromatic heterocycles. The van der Waals surface area contributed by atoms with Crippen molar-refractivity contribution in [1.82, 2.24) is 10.4 Å². The van der Waals surface area contributed by atoms with E-state index >= 15 is 0 Å². The van der Waals surface area contributed by atoms with Gasteiger partial charge in [-0.2, -0.15) is 0 Å². The molecule has 1 spiro atoms. The van der Waals surface area contributed by atoms with Crippen molar-refractivity contribution in [2.24, 2.45) is 5.41 Å². The smallest absolute Gasteiger partial charge is 0.426 e. The molecule has 1 unspecified atom stereocenters. The van der Waals surface area contributed by atoms with E-state index in [2.05, 4.69) is 5.43 Å². The van der Waals surface area contributed by atoms with Crippen molar-refractivity contribution < 1.29 is 19.1 Å². The summed E-state index contributed by atoms with van der Waals surface area (Å²) in [6.45, 7) is 6.94. The number of ether oxygens (including phenoxy) is 2. The molecule has 2 heterocycles. The first-order valence-electron chi connectivity index (χ1n) is 6.22. The van der Waals surface area contributed by atoms with Crippen LogP contribution in [0, 0.1) is 5.41 Å². The third-order valence-corrected chi connectivity index (χ3v) is 3.24. The summed E-state index contributed by atoms with van der Waals surface area (Å²) in [6, 6.07) is 0. The lowest BCUT2D eigenvalue weighted by Gasteiger charge is -2.24.